The number of hydrogen-bond donors (Lipinski definition) is 1. The summed E-state index contributed by atoms with van der Waals surface area (Å²) in [6.45, 7) is 4.75. The van der Waals surface area contributed by atoms with Crippen molar-refractivity contribution in [1.82, 2.24) is 9.88 Å². The van der Waals surface area contributed by atoms with Crippen molar-refractivity contribution in [2.45, 2.75) is 32.9 Å². The molecule has 1 unspecified atom stereocenters. The molecule has 3 aromatic rings. The number of pyridine rings is 1. The maximum atomic E-state index is 12.9. The van der Waals surface area contributed by atoms with Gasteiger partial charge in [-0.15, -0.1) is 0 Å². The SMILES string of the molecule is CCC(C)N(Cc1ccccc1)C(=O)Nc1cccc2cccnc12. The summed E-state index contributed by atoms with van der Waals surface area (Å²) in [6.07, 6.45) is 2.64. The number of benzene rings is 2. The van der Waals surface area contributed by atoms with Gasteiger partial charge in [0.1, 0.15) is 0 Å². The molecule has 4 heteroatoms. The number of fused-ring (bicyclic) bond motifs is 1. The van der Waals surface area contributed by atoms with Crippen LogP contribution in [0.2, 0.25) is 0 Å². The molecule has 0 aliphatic carbocycles. The van der Waals surface area contributed by atoms with Gasteiger partial charge in [0.05, 0.1) is 11.2 Å². The van der Waals surface area contributed by atoms with Crippen LogP contribution < -0.4 is 5.32 Å². The van der Waals surface area contributed by atoms with Crippen molar-refractivity contribution >= 4 is 22.6 Å². The predicted molar refractivity (Wildman–Crippen MR) is 102 cm³/mol. The Hall–Kier alpha value is -2.88. The topological polar surface area (TPSA) is 45.2 Å². The third kappa shape index (κ3) is 3.97. The highest BCUT2D eigenvalue weighted by Gasteiger charge is 2.20. The van der Waals surface area contributed by atoms with Gasteiger partial charge in [-0.1, -0.05) is 55.5 Å². The van der Waals surface area contributed by atoms with Gasteiger partial charge in [0.2, 0.25) is 0 Å². The van der Waals surface area contributed by atoms with E-state index in [1.54, 1.807) is 6.20 Å². The van der Waals surface area contributed by atoms with E-state index < -0.39 is 0 Å². The van der Waals surface area contributed by atoms with Crippen molar-refractivity contribution < 1.29 is 4.79 Å². The van der Waals surface area contributed by atoms with Crippen molar-refractivity contribution in [3.8, 4) is 0 Å². The van der Waals surface area contributed by atoms with Gasteiger partial charge < -0.3 is 10.2 Å². The van der Waals surface area contributed by atoms with Crippen molar-refractivity contribution in [2.24, 2.45) is 0 Å². The molecule has 0 spiro atoms. The number of amides is 2. The smallest absolute Gasteiger partial charge is 0.318 e. The van der Waals surface area contributed by atoms with Gasteiger partial charge in [-0.25, -0.2) is 4.79 Å². The van der Waals surface area contributed by atoms with E-state index in [-0.39, 0.29) is 12.1 Å². The highest BCUT2D eigenvalue weighted by atomic mass is 16.2. The molecular formula is C21H23N3O. The maximum Gasteiger partial charge on any atom is 0.322 e. The molecule has 1 N–H and O–H groups in total. The molecule has 4 nitrogen and oxygen atoms in total. The standard InChI is InChI=1S/C21H23N3O/c1-3-16(2)24(15-17-9-5-4-6-10-17)21(25)23-19-13-7-11-18-12-8-14-22-20(18)19/h4-14,16H,3,15H2,1-2H3,(H,23,25). The van der Waals surface area contributed by atoms with Crippen LogP contribution in [0.15, 0.2) is 66.9 Å². The molecule has 25 heavy (non-hydrogen) atoms. The van der Waals surface area contributed by atoms with Gasteiger partial charge in [0, 0.05) is 24.2 Å². The summed E-state index contributed by atoms with van der Waals surface area (Å²) in [6, 6.07) is 19.8. The fourth-order valence-electron chi connectivity index (χ4n) is 2.82. The molecule has 0 aliphatic heterocycles. The van der Waals surface area contributed by atoms with E-state index in [2.05, 4.69) is 24.1 Å². The zero-order valence-corrected chi connectivity index (χ0v) is 14.6. The number of aromatic nitrogens is 1. The molecule has 1 heterocycles. The number of rotatable bonds is 5. The fourth-order valence-corrected chi connectivity index (χ4v) is 2.82. The first-order valence-electron chi connectivity index (χ1n) is 8.64. The van der Waals surface area contributed by atoms with E-state index in [1.165, 1.54) is 0 Å². The lowest BCUT2D eigenvalue weighted by molar-refractivity contribution is 0.187. The number of para-hydroxylation sites is 1. The van der Waals surface area contributed by atoms with Crippen LogP contribution in [0.25, 0.3) is 10.9 Å². The maximum absolute atomic E-state index is 12.9. The number of hydrogen-bond acceptors (Lipinski definition) is 2. The summed E-state index contributed by atoms with van der Waals surface area (Å²) in [7, 11) is 0. The van der Waals surface area contributed by atoms with Crippen LogP contribution in [0.1, 0.15) is 25.8 Å². The van der Waals surface area contributed by atoms with Crippen LogP contribution in [0.5, 0.6) is 0 Å². The summed E-state index contributed by atoms with van der Waals surface area (Å²) < 4.78 is 0. The second-order valence-corrected chi connectivity index (χ2v) is 6.18. The number of nitrogens with one attached hydrogen (secondary N) is 1. The van der Waals surface area contributed by atoms with Gasteiger partial charge in [0.15, 0.2) is 0 Å². The Balaban J connectivity index is 1.84. The highest BCUT2D eigenvalue weighted by Crippen LogP contribution is 2.22. The number of urea groups is 1. The van der Waals surface area contributed by atoms with E-state index >= 15 is 0 Å². The summed E-state index contributed by atoms with van der Waals surface area (Å²) in [5.41, 5.74) is 2.67. The summed E-state index contributed by atoms with van der Waals surface area (Å²) >= 11 is 0. The molecule has 3 rings (SSSR count). The average Bonchev–Trinajstić information content (AvgIpc) is 2.66. The van der Waals surface area contributed by atoms with Crippen molar-refractivity contribution in [1.29, 1.82) is 0 Å². The number of carbonyl (C=O) groups is 1. The normalized spacial score (nSPS) is 11.9. The van der Waals surface area contributed by atoms with E-state index in [4.69, 9.17) is 0 Å². The molecule has 0 saturated heterocycles. The van der Waals surface area contributed by atoms with E-state index in [0.29, 0.717) is 6.54 Å². The fraction of sp³-hybridized carbons (Fsp3) is 0.238. The summed E-state index contributed by atoms with van der Waals surface area (Å²) in [4.78, 5) is 19.2. The minimum absolute atomic E-state index is 0.101. The van der Waals surface area contributed by atoms with E-state index in [9.17, 15) is 4.79 Å². The van der Waals surface area contributed by atoms with Crippen LogP contribution in [0.3, 0.4) is 0 Å². The Morgan fingerprint density at radius 2 is 1.84 bits per heavy atom. The van der Waals surface area contributed by atoms with E-state index in [0.717, 1.165) is 28.6 Å². The van der Waals surface area contributed by atoms with Gasteiger partial charge in [-0.3, -0.25) is 4.98 Å². The third-order valence-corrected chi connectivity index (χ3v) is 4.45. The van der Waals surface area contributed by atoms with E-state index in [1.807, 2.05) is 65.6 Å². The Morgan fingerprint density at radius 3 is 2.60 bits per heavy atom. The minimum atomic E-state index is -0.101. The zero-order chi connectivity index (χ0) is 17.6. The average molecular weight is 333 g/mol. The first kappa shape index (κ1) is 17.0. The van der Waals surface area contributed by atoms with Gasteiger partial charge in [-0.05, 0) is 31.0 Å². The Bertz CT molecular complexity index is 843. The second-order valence-electron chi connectivity index (χ2n) is 6.18. The molecule has 1 aromatic heterocycles. The Morgan fingerprint density at radius 1 is 1.08 bits per heavy atom. The molecule has 128 valence electrons. The molecule has 2 aromatic carbocycles. The molecule has 0 radical (unpaired) electrons. The van der Waals surface area contributed by atoms with Crippen LogP contribution in [0, 0.1) is 0 Å². The lowest BCUT2D eigenvalue weighted by atomic mass is 10.1. The van der Waals surface area contributed by atoms with Crippen molar-refractivity contribution in [3.05, 3.63) is 72.4 Å². The predicted octanol–water partition coefficient (Wildman–Crippen LogP) is 5.07. The van der Waals surface area contributed by atoms with Crippen molar-refractivity contribution in [2.75, 3.05) is 5.32 Å². The zero-order valence-electron chi connectivity index (χ0n) is 14.6. The van der Waals surface area contributed by atoms with Crippen LogP contribution >= 0.6 is 0 Å². The quantitative estimate of drug-likeness (QED) is 0.708. The molecule has 2 amide bonds. The van der Waals surface area contributed by atoms with Gasteiger partial charge in [0.25, 0.3) is 0 Å². The van der Waals surface area contributed by atoms with Crippen molar-refractivity contribution in [3.63, 3.8) is 0 Å². The van der Waals surface area contributed by atoms with Crippen LogP contribution in [-0.4, -0.2) is 22.0 Å². The Labute approximate surface area is 148 Å². The molecular weight excluding hydrogens is 310 g/mol. The highest BCUT2D eigenvalue weighted by molar-refractivity contribution is 5.99. The number of nitrogens with zero attached hydrogens (tertiary/aromatic N) is 2. The summed E-state index contributed by atoms with van der Waals surface area (Å²) in [5.74, 6) is 0. The lowest BCUT2D eigenvalue weighted by Crippen LogP contribution is -2.40. The van der Waals surface area contributed by atoms with Gasteiger partial charge >= 0.3 is 6.03 Å². The largest absolute Gasteiger partial charge is 0.322 e. The first-order valence-corrected chi connectivity index (χ1v) is 8.64. The van der Waals surface area contributed by atoms with Crippen LogP contribution in [-0.2, 0) is 6.54 Å². The lowest BCUT2D eigenvalue weighted by Gasteiger charge is -2.29. The van der Waals surface area contributed by atoms with Crippen LogP contribution in [0.4, 0.5) is 10.5 Å². The molecule has 1 atom stereocenters. The molecule has 0 aliphatic rings. The molecule has 0 saturated carbocycles. The monoisotopic (exact) mass is 333 g/mol. The summed E-state index contributed by atoms with van der Waals surface area (Å²) in [5, 5.41) is 4.06. The second kappa shape index (κ2) is 7.79. The molecule has 0 fully saturated rings. The number of carbonyl (C=O) groups excluding carboxylic acids is 1. The molecule has 0 bridgehead atoms. The van der Waals surface area contributed by atoms with Gasteiger partial charge in [-0.2, -0.15) is 0 Å². The third-order valence-electron chi connectivity index (χ3n) is 4.45. The first-order chi connectivity index (χ1) is 12.2. The Kier molecular flexibility index (Phi) is 5.29. The number of anilines is 1. The minimum Gasteiger partial charge on any atom is -0.318 e.